The van der Waals surface area contributed by atoms with E-state index in [2.05, 4.69) is 10.3 Å². The highest BCUT2D eigenvalue weighted by Gasteiger charge is 2.07. The minimum absolute atomic E-state index is 0.309. The van der Waals surface area contributed by atoms with Crippen LogP contribution in [0.25, 0.3) is 0 Å². The number of carbonyl (C=O) groups excluding carboxylic acids is 1. The van der Waals surface area contributed by atoms with Gasteiger partial charge in [-0.2, -0.15) is 0 Å². The summed E-state index contributed by atoms with van der Waals surface area (Å²) >= 11 is 1.56. The van der Waals surface area contributed by atoms with E-state index < -0.39 is 5.91 Å². The van der Waals surface area contributed by atoms with Crippen LogP contribution in [0.2, 0.25) is 0 Å². The Balaban J connectivity index is 1.99. The molecule has 3 N–H and O–H groups in total. The van der Waals surface area contributed by atoms with Crippen LogP contribution in [0, 0.1) is 12.7 Å². The first-order valence-corrected chi connectivity index (χ1v) is 6.64. The number of benzene rings is 1. The highest BCUT2D eigenvalue weighted by Crippen LogP contribution is 2.12. The number of nitrogens with one attached hydrogen (secondary N) is 1. The molecule has 0 aliphatic carbocycles. The Morgan fingerprint density at radius 1 is 1.47 bits per heavy atom. The van der Waals surface area contributed by atoms with Gasteiger partial charge in [0.05, 0.1) is 0 Å². The molecule has 0 atom stereocenters. The third kappa shape index (κ3) is 3.59. The number of halogens is 1. The number of hydrogen-bond acceptors (Lipinski definition) is 4. The van der Waals surface area contributed by atoms with Crippen molar-refractivity contribution in [1.82, 2.24) is 10.3 Å². The van der Waals surface area contributed by atoms with Gasteiger partial charge in [0.1, 0.15) is 10.8 Å². The molecular formula is C13H14FN3OS. The first-order valence-electron chi connectivity index (χ1n) is 5.76. The Bertz CT molecular complexity index is 597. The van der Waals surface area contributed by atoms with Gasteiger partial charge in [-0.3, -0.25) is 4.79 Å². The molecule has 100 valence electrons. The fourth-order valence-corrected chi connectivity index (χ4v) is 2.39. The fourth-order valence-electron chi connectivity index (χ4n) is 1.65. The summed E-state index contributed by atoms with van der Waals surface area (Å²) in [7, 11) is 0. The largest absolute Gasteiger partial charge is 0.366 e. The van der Waals surface area contributed by atoms with Crippen molar-refractivity contribution in [3.05, 3.63) is 51.2 Å². The van der Waals surface area contributed by atoms with Gasteiger partial charge in [0.15, 0.2) is 0 Å². The highest BCUT2D eigenvalue weighted by atomic mass is 32.1. The van der Waals surface area contributed by atoms with Crippen LogP contribution in [0.1, 0.15) is 26.6 Å². The number of aromatic nitrogens is 1. The Morgan fingerprint density at radius 3 is 2.89 bits per heavy atom. The van der Waals surface area contributed by atoms with Gasteiger partial charge in [0.2, 0.25) is 5.91 Å². The van der Waals surface area contributed by atoms with Crippen LogP contribution in [-0.2, 0) is 13.1 Å². The van der Waals surface area contributed by atoms with Crippen LogP contribution in [0.4, 0.5) is 4.39 Å². The summed E-state index contributed by atoms with van der Waals surface area (Å²) in [6.45, 7) is 2.82. The summed E-state index contributed by atoms with van der Waals surface area (Å²) in [5, 5.41) is 6.01. The van der Waals surface area contributed by atoms with Crippen LogP contribution in [0.3, 0.4) is 0 Å². The minimum atomic E-state index is -0.559. The average Bonchev–Trinajstić information content (AvgIpc) is 2.77. The van der Waals surface area contributed by atoms with Crippen molar-refractivity contribution in [2.24, 2.45) is 5.73 Å². The van der Waals surface area contributed by atoms with E-state index >= 15 is 0 Å². The Morgan fingerprint density at radius 2 is 2.26 bits per heavy atom. The van der Waals surface area contributed by atoms with Crippen LogP contribution in [0.5, 0.6) is 0 Å². The molecule has 2 aromatic rings. The van der Waals surface area contributed by atoms with Crippen molar-refractivity contribution in [2.45, 2.75) is 20.0 Å². The molecule has 1 aromatic carbocycles. The van der Waals surface area contributed by atoms with E-state index in [-0.39, 0.29) is 5.82 Å². The van der Waals surface area contributed by atoms with E-state index in [4.69, 9.17) is 5.73 Å². The molecule has 0 saturated carbocycles. The summed E-state index contributed by atoms with van der Waals surface area (Å²) in [4.78, 5) is 15.3. The number of carbonyl (C=O) groups is 1. The van der Waals surface area contributed by atoms with Crippen molar-refractivity contribution in [1.29, 1.82) is 0 Å². The Hall–Kier alpha value is -1.79. The smallest absolute Gasteiger partial charge is 0.248 e. The van der Waals surface area contributed by atoms with Crippen molar-refractivity contribution >= 4 is 17.2 Å². The van der Waals surface area contributed by atoms with Gasteiger partial charge in [0, 0.05) is 35.3 Å². The van der Waals surface area contributed by atoms with E-state index in [1.807, 2.05) is 12.3 Å². The van der Waals surface area contributed by atoms with Crippen molar-refractivity contribution in [2.75, 3.05) is 0 Å². The molecule has 4 nitrogen and oxygen atoms in total. The molecule has 19 heavy (non-hydrogen) atoms. The molecule has 0 unspecified atom stereocenters. The Labute approximate surface area is 114 Å². The van der Waals surface area contributed by atoms with Gasteiger partial charge in [-0.25, -0.2) is 9.37 Å². The van der Waals surface area contributed by atoms with Gasteiger partial charge < -0.3 is 11.1 Å². The van der Waals surface area contributed by atoms with Crippen LogP contribution in [-0.4, -0.2) is 10.9 Å². The maximum absolute atomic E-state index is 13.6. The standard InChI is InChI=1S/C13H14FN3OS/c1-8-7-19-12(17-8)6-16-5-10-4-9(13(15)18)2-3-11(10)14/h2-4,7,16H,5-6H2,1H3,(H2,15,18). The maximum Gasteiger partial charge on any atom is 0.248 e. The lowest BCUT2D eigenvalue weighted by Crippen LogP contribution is -2.16. The van der Waals surface area contributed by atoms with Gasteiger partial charge >= 0.3 is 0 Å². The quantitative estimate of drug-likeness (QED) is 0.879. The maximum atomic E-state index is 13.6. The van der Waals surface area contributed by atoms with Gasteiger partial charge in [0.25, 0.3) is 0 Å². The molecule has 0 spiro atoms. The van der Waals surface area contributed by atoms with Crippen LogP contribution < -0.4 is 11.1 Å². The molecule has 2 rings (SSSR count). The van der Waals surface area contributed by atoms with E-state index in [0.29, 0.717) is 24.2 Å². The number of primary amides is 1. The number of nitrogens with zero attached hydrogens (tertiary/aromatic N) is 1. The second-order valence-corrected chi connectivity index (χ2v) is 5.10. The molecule has 1 heterocycles. The summed E-state index contributed by atoms with van der Waals surface area (Å²) in [5.74, 6) is -0.912. The van der Waals surface area contributed by atoms with Gasteiger partial charge in [-0.15, -0.1) is 11.3 Å². The predicted molar refractivity (Wildman–Crippen MR) is 72.3 cm³/mol. The summed E-state index contributed by atoms with van der Waals surface area (Å²) in [6, 6.07) is 4.10. The lowest BCUT2D eigenvalue weighted by molar-refractivity contribution is 0.1000. The molecule has 1 aromatic heterocycles. The summed E-state index contributed by atoms with van der Waals surface area (Å²) < 4.78 is 13.6. The molecule has 1 amide bonds. The number of rotatable bonds is 5. The van der Waals surface area contributed by atoms with Crippen molar-refractivity contribution < 1.29 is 9.18 Å². The van der Waals surface area contributed by atoms with E-state index in [1.54, 1.807) is 11.3 Å². The Kier molecular flexibility index (Phi) is 4.24. The van der Waals surface area contributed by atoms with Crippen LogP contribution in [0.15, 0.2) is 23.6 Å². The number of hydrogen-bond donors (Lipinski definition) is 2. The normalized spacial score (nSPS) is 10.6. The number of nitrogens with two attached hydrogens (primary N) is 1. The zero-order valence-corrected chi connectivity index (χ0v) is 11.3. The molecule has 0 saturated heterocycles. The lowest BCUT2D eigenvalue weighted by Gasteiger charge is -2.06. The molecule has 0 radical (unpaired) electrons. The molecule has 0 bridgehead atoms. The number of aryl methyl sites for hydroxylation is 1. The molecular weight excluding hydrogens is 265 g/mol. The second-order valence-electron chi connectivity index (χ2n) is 4.16. The number of thiazole rings is 1. The van der Waals surface area contributed by atoms with Crippen LogP contribution >= 0.6 is 11.3 Å². The van der Waals surface area contributed by atoms with Gasteiger partial charge in [-0.05, 0) is 25.1 Å². The topological polar surface area (TPSA) is 68.0 Å². The lowest BCUT2D eigenvalue weighted by atomic mass is 10.1. The highest BCUT2D eigenvalue weighted by molar-refractivity contribution is 7.09. The summed E-state index contributed by atoms with van der Waals surface area (Å²) in [6.07, 6.45) is 0. The third-order valence-corrected chi connectivity index (χ3v) is 3.56. The summed E-state index contributed by atoms with van der Waals surface area (Å²) in [5.41, 5.74) is 6.87. The van der Waals surface area contributed by atoms with Crippen molar-refractivity contribution in [3.63, 3.8) is 0 Å². The molecule has 6 heteroatoms. The average molecular weight is 279 g/mol. The zero-order chi connectivity index (χ0) is 13.8. The molecule has 0 fully saturated rings. The van der Waals surface area contributed by atoms with E-state index in [9.17, 15) is 9.18 Å². The third-order valence-electron chi connectivity index (χ3n) is 2.59. The monoisotopic (exact) mass is 279 g/mol. The fraction of sp³-hybridized carbons (Fsp3) is 0.231. The molecule has 0 aliphatic heterocycles. The SMILES string of the molecule is Cc1csc(CNCc2cc(C(N)=O)ccc2F)n1. The van der Waals surface area contributed by atoms with Crippen molar-refractivity contribution in [3.8, 4) is 0 Å². The second kappa shape index (κ2) is 5.90. The minimum Gasteiger partial charge on any atom is -0.366 e. The first-order chi connectivity index (χ1) is 9.06. The first kappa shape index (κ1) is 13.6. The number of amides is 1. The van der Waals surface area contributed by atoms with Gasteiger partial charge in [-0.1, -0.05) is 0 Å². The zero-order valence-electron chi connectivity index (χ0n) is 10.4. The molecule has 0 aliphatic rings. The van der Waals surface area contributed by atoms with E-state index in [1.165, 1.54) is 18.2 Å². The van der Waals surface area contributed by atoms with E-state index in [0.717, 1.165) is 10.7 Å². The predicted octanol–water partition coefficient (Wildman–Crippen LogP) is 1.98.